The highest BCUT2D eigenvalue weighted by molar-refractivity contribution is 9.11. The minimum Gasteiger partial charge on any atom is -0.497 e. The van der Waals surface area contributed by atoms with E-state index in [0.717, 1.165) is 3.79 Å². The minimum absolute atomic E-state index is 0.176. The maximum atomic E-state index is 13.2. The molecule has 1 amide bonds. The highest BCUT2D eigenvalue weighted by atomic mass is 79.9. The van der Waals surface area contributed by atoms with Gasteiger partial charge in [-0.05, 0) is 133 Å². The standard InChI is InChI=1S/C38H34BrNO9S/c1-40(35(42)23-4-6-24(7-5-23)36(43)47-3)28-13-15-29(16-14-28)48-37(44)25-8-10-26(11-9-25)38(45)49-32-19-17-30(46-2)22-27(32)12-18-31(41)33-20-21-34(39)50-33/h4-7,12-22,25-26H,8-11H2,1-3H3/b18-12+. The summed E-state index contributed by atoms with van der Waals surface area (Å²) in [6.07, 6.45) is 4.87. The van der Waals surface area contributed by atoms with Gasteiger partial charge in [-0.3, -0.25) is 19.2 Å². The van der Waals surface area contributed by atoms with Crippen LogP contribution in [0.5, 0.6) is 17.2 Å². The van der Waals surface area contributed by atoms with Crippen LogP contribution in [0.25, 0.3) is 6.08 Å². The largest absolute Gasteiger partial charge is 0.497 e. The van der Waals surface area contributed by atoms with E-state index < -0.39 is 17.9 Å². The molecule has 0 atom stereocenters. The molecule has 0 unspecified atom stereocenters. The number of halogens is 1. The van der Waals surface area contributed by atoms with E-state index in [9.17, 15) is 24.0 Å². The molecule has 3 aromatic carbocycles. The van der Waals surface area contributed by atoms with Crippen molar-refractivity contribution < 1.29 is 42.9 Å². The van der Waals surface area contributed by atoms with Gasteiger partial charge in [-0.25, -0.2) is 4.79 Å². The van der Waals surface area contributed by atoms with Crippen LogP contribution >= 0.6 is 27.3 Å². The number of ketones is 1. The summed E-state index contributed by atoms with van der Waals surface area (Å²) in [7, 11) is 4.44. The molecule has 5 rings (SSSR count). The fourth-order valence-corrected chi connectivity index (χ4v) is 6.75. The number of methoxy groups -OCH3 is 2. The van der Waals surface area contributed by atoms with Crippen LogP contribution in [0.15, 0.2) is 88.7 Å². The number of amides is 1. The monoisotopic (exact) mass is 759 g/mol. The van der Waals surface area contributed by atoms with Gasteiger partial charge in [0.25, 0.3) is 5.91 Å². The smallest absolute Gasteiger partial charge is 0.337 e. The summed E-state index contributed by atoms with van der Waals surface area (Å²) in [5, 5.41) is 0. The molecule has 0 aliphatic heterocycles. The first-order chi connectivity index (χ1) is 24.1. The maximum absolute atomic E-state index is 13.2. The second kappa shape index (κ2) is 16.6. The first kappa shape index (κ1) is 36.2. The van der Waals surface area contributed by atoms with E-state index in [2.05, 4.69) is 15.9 Å². The second-order valence-electron chi connectivity index (χ2n) is 11.5. The highest BCUT2D eigenvalue weighted by Gasteiger charge is 2.32. The van der Waals surface area contributed by atoms with Gasteiger partial charge < -0.3 is 23.8 Å². The number of hydrogen-bond donors (Lipinski definition) is 0. The molecule has 1 aromatic heterocycles. The molecule has 0 saturated heterocycles. The molecule has 4 aromatic rings. The third-order valence-corrected chi connectivity index (χ3v) is 9.99. The zero-order valence-electron chi connectivity index (χ0n) is 27.6. The summed E-state index contributed by atoms with van der Waals surface area (Å²) in [4.78, 5) is 65.4. The molecule has 1 heterocycles. The summed E-state index contributed by atoms with van der Waals surface area (Å²) in [6, 6.07) is 21.3. The van der Waals surface area contributed by atoms with Gasteiger partial charge in [0.05, 0.1) is 40.3 Å². The van der Waals surface area contributed by atoms with Crippen LogP contribution in [0, 0.1) is 11.8 Å². The van der Waals surface area contributed by atoms with Crippen LogP contribution in [0.3, 0.4) is 0 Å². The summed E-state index contributed by atoms with van der Waals surface area (Å²) in [5.74, 6) is -1.30. The zero-order chi connectivity index (χ0) is 35.8. The lowest BCUT2D eigenvalue weighted by atomic mass is 9.82. The Bertz CT molecular complexity index is 1910. The fraction of sp³-hybridized carbons (Fsp3) is 0.237. The van der Waals surface area contributed by atoms with Gasteiger partial charge in [-0.15, -0.1) is 11.3 Å². The van der Waals surface area contributed by atoms with E-state index in [-0.39, 0.29) is 23.6 Å². The summed E-state index contributed by atoms with van der Waals surface area (Å²) in [6.45, 7) is 0. The molecule has 0 spiro atoms. The predicted octanol–water partition coefficient (Wildman–Crippen LogP) is 7.80. The highest BCUT2D eigenvalue weighted by Crippen LogP contribution is 2.33. The van der Waals surface area contributed by atoms with E-state index >= 15 is 0 Å². The molecule has 1 aliphatic carbocycles. The number of carbonyl (C=O) groups excluding carboxylic acids is 5. The van der Waals surface area contributed by atoms with Crippen LogP contribution in [-0.2, 0) is 14.3 Å². The molecule has 0 bridgehead atoms. The molecule has 0 N–H and O–H groups in total. The molecule has 1 aliphatic rings. The first-order valence-corrected chi connectivity index (χ1v) is 17.3. The molecule has 50 heavy (non-hydrogen) atoms. The van der Waals surface area contributed by atoms with Crippen molar-refractivity contribution in [2.75, 3.05) is 26.2 Å². The van der Waals surface area contributed by atoms with Crippen molar-refractivity contribution in [2.24, 2.45) is 11.8 Å². The van der Waals surface area contributed by atoms with Gasteiger partial charge in [-0.1, -0.05) is 0 Å². The van der Waals surface area contributed by atoms with E-state index in [4.69, 9.17) is 18.9 Å². The number of thiophene rings is 1. The van der Waals surface area contributed by atoms with Crippen molar-refractivity contribution in [3.05, 3.63) is 110 Å². The molecule has 258 valence electrons. The number of hydrogen-bond acceptors (Lipinski definition) is 10. The molecule has 12 heteroatoms. The van der Waals surface area contributed by atoms with E-state index in [1.54, 1.807) is 79.9 Å². The Morgan fingerprint density at radius 3 is 1.94 bits per heavy atom. The lowest BCUT2D eigenvalue weighted by molar-refractivity contribution is -0.145. The van der Waals surface area contributed by atoms with Gasteiger partial charge in [0.1, 0.15) is 17.2 Å². The fourth-order valence-electron chi connectivity index (χ4n) is 5.44. The number of nitrogens with zero attached hydrogens (tertiary/aromatic N) is 1. The van der Waals surface area contributed by atoms with Gasteiger partial charge in [-0.2, -0.15) is 0 Å². The SMILES string of the molecule is COC(=O)c1ccc(C(=O)N(C)c2ccc(OC(=O)C3CCC(C(=O)Oc4ccc(OC)cc4/C=C/C(=O)c4ccc(Br)s4)CC3)cc2)cc1. The number of ether oxygens (including phenoxy) is 4. The number of rotatable bonds is 11. The second-order valence-corrected chi connectivity index (χ2v) is 14.0. The van der Waals surface area contributed by atoms with Crippen molar-refractivity contribution in [1.82, 2.24) is 0 Å². The van der Waals surface area contributed by atoms with Crippen LogP contribution in [0.2, 0.25) is 0 Å². The Morgan fingerprint density at radius 2 is 1.36 bits per heavy atom. The summed E-state index contributed by atoms with van der Waals surface area (Å²) < 4.78 is 22.3. The Morgan fingerprint density at radius 1 is 0.760 bits per heavy atom. The topological polar surface area (TPSA) is 126 Å². The molecule has 1 saturated carbocycles. The van der Waals surface area contributed by atoms with Crippen LogP contribution in [0.1, 0.15) is 61.6 Å². The number of anilines is 1. The van der Waals surface area contributed by atoms with Crippen molar-refractivity contribution in [3.63, 3.8) is 0 Å². The van der Waals surface area contributed by atoms with E-state index in [1.165, 1.54) is 48.7 Å². The van der Waals surface area contributed by atoms with Gasteiger partial charge in [0.2, 0.25) is 0 Å². The average molecular weight is 761 g/mol. The lowest BCUT2D eigenvalue weighted by Crippen LogP contribution is -2.30. The Labute approximate surface area is 301 Å². The van der Waals surface area contributed by atoms with Crippen molar-refractivity contribution in [1.29, 1.82) is 0 Å². The number of allylic oxidation sites excluding steroid dienone is 1. The molecule has 1 fully saturated rings. The zero-order valence-corrected chi connectivity index (χ0v) is 30.0. The quantitative estimate of drug-likeness (QED) is 0.0652. The normalized spacial score (nSPS) is 15.6. The molecule has 10 nitrogen and oxygen atoms in total. The number of benzene rings is 3. The average Bonchev–Trinajstić information content (AvgIpc) is 3.59. The third-order valence-electron chi connectivity index (χ3n) is 8.35. The number of esters is 3. The van der Waals surface area contributed by atoms with Crippen molar-refractivity contribution in [2.45, 2.75) is 25.7 Å². The first-order valence-electron chi connectivity index (χ1n) is 15.7. The van der Waals surface area contributed by atoms with Gasteiger partial charge >= 0.3 is 17.9 Å². The summed E-state index contributed by atoms with van der Waals surface area (Å²) in [5.41, 5.74) is 1.85. The van der Waals surface area contributed by atoms with Crippen LogP contribution < -0.4 is 19.1 Å². The summed E-state index contributed by atoms with van der Waals surface area (Å²) >= 11 is 4.69. The maximum Gasteiger partial charge on any atom is 0.337 e. The van der Waals surface area contributed by atoms with Crippen LogP contribution in [0.4, 0.5) is 5.69 Å². The Hall–Kier alpha value is -5.07. The molecule has 0 radical (unpaired) electrons. The van der Waals surface area contributed by atoms with E-state index in [0.29, 0.717) is 70.2 Å². The minimum atomic E-state index is -0.486. The molecular weight excluding hydrogens is 726 g/mol. The molecular formula is C38H34BrNO9S. The van der Waals surface area contributed by atoms with Gasteiger partial charge in [0, 0.05) is 23.9 Å². The lowest BCUT2D eigenvalue weighted by Gasteiger charge is -2.26. The van der Waals surface area contributed by atoms with Crippen molar-refractivity contribution >= 4 is 68.6 Å². The Kier molecular flexibility index (Phi) is 12.0. The third kappa shape index (κ3) is 8.93. The number of carbonyl (C=O) groups is 5. The predicted molar refractivity (Wildman–Crippen MR) is 192 cm³/mol. The van der Waals surface area contributed by atoms with Gasteiger partial charge in [0.15, 0.2) is 5.78 Å². The van der Waals surface area contributed by atoms with Crippen LogP contribution in [-0.4, -0.2) is 50.9 Å². The Balaban J connectivity index is 1.13. The van der Waals surface area contributed by atoms with Crippen molar-refractivity contribution in [3.8, 4) is 17.2 Å². The van der Waals surface area contributed by atoms with E-state index in [1.807, 2.05) is 0 Å².